The van der Waals surface area contributed by atoms with Crippen molar-refractivity contribution < 1.29 is 14.3 Å². The first-order valence-electron chi connectivity index (χ1n) is 6.98. The van der Waals surface area contributed by atoms with Gasteiger partial charge in [0.1, 0.15) is 0 Å². The zero-order valence-electron chi connectivity index (χ0n) is 11.4. The number of carbonyl (C=O) groups is 1. The molecule has 0 saturated carbocycles. The molecule has 1 heterocycles. The van der Waals surface area contributed by atoms with E-state index in [0.29, 0.717) is 18.7 Å². The monoisotopic (exact) mass is 253 g/mol. The number of hydrogen-bond acceptors (Lipinski definition) is 4. The lowest BCUT2D eigenvalue weighted by atomic mass is 9.97. The maximum Gasteiger partial charge on any atom is 0.333 e. The fraction of sp³-hybridized carbons (Fsp3) is 0.786. The first kappa shape index (κ1) is 13.6. The van der Waals surface area contributed by atoms with Gasteiger partial charge in [-0.2, -0.15) is 0 Å². The summed E-state index contributed by atoms with van der Waals surface area (Å²) in [6, 6.07) is 0.789. The molecule has 1 saturated heterocycles. The molecular weight excluding hydrogens is 230 g/mol. The van der Waals surface area contributed by atoms with E-state index in [9.17, 15) is 4.79 Å². The Morgan fingerprint density at radius 1 is 1.44 bits per heavy atom. The minimum Gasteiger partial charge on any atom is -0.463 e. The number of esters is 1. The minimum absolute atomic E-state index is 0.0213. The third-order valence-electron chi connectivity index (χ3n) is 3.69. The quantitative estimate of drug-likeness (QED) is 0.579. The van der Waals surface area contributed by atoms with Gasteiger partial charge in [-0.1, -0.05) is 13.8 Å². The Morgan fingerprint density at radius 2 is 2.17 bits per heavy atom. The van der Waals surface area contributed by atoms with Crippen LogP contribution in [0.3, 0.4) is 0 Å². The van der Waals surface area contributed by atoms with Gasteiger partial charge in [-0.25, -0.2) is 4.79 Å². The molecule has 4 heteroatoms. The van der Waals surface area contributed by atoms with Gasteiger partial charge in [0, 0.05) is 11.6 Å². The summed E-state index contributed by atoms with van der Waals surface area (Å²) in [4.78, 5) is 11.8. The summed E-state index contributed by atoms with van der Waals surface area (Å²) in [6.07, 6.45) is 5.04. The molecule has 3 unspecified atom stereocenters. The summed E-state index contributed by atoms with van der Waals surface area (Å²) in [5.41, 5.74) is 0.763. The number of carbonyl (C=O) groups excluding carboxylic acids is 1. The van der Waals surface area contributed by atoms with Gasteiger partial charge in [0.2, 0.25) is 0 Å². The van der Waals surface area contributed by atoms with Gasteiger partial charge in [-0.05, 0) is 32.3 Å². The third kappa shape index (κ3) is 2.93. The summed E-state index contributed by atoms with van der Waals surface area (Å²) in [6.45, 7) is 6.52. The van der Waals surface area contributed by atoms with Crippen LogP contribution in [0, 0.1) is 0 Å². The van der Waals surface area contributed by atoms with E-state index in [1.54, 1.807) is 0 Å². The van der Waals surface area contributed by atoms with Gasteiger partial charge in [-0.3, -0.25) is 0 Å². The molecule has 1 fully saturated rings. The Labute approximate surface area is 109 Å². The summed E-state index contributed by atoms with van der Waals surface area (Å²) in [7, 11) is 0. The van der Waals surface area contributed by atoms with Crippen molar-refractivity contribution in [1.29, 1.82) is 0 Å². The fourth-order valence-corrected chi connectivity index (χ4v) is 2.51. The van der Waals surface area contributed by atoms with Gasteiger partial charge in [0.25, 0.3) is 0 Å². The van der Waals surface area contributed by atoms with Crippen LogP contribution < -0.4 is 5.32 Å². The number of fused-ring (bicyclic) bond motifs is 1. The molecule has 0 amide bonds. The molecule has 2 rings (SSSR count). The van der Waals surface area contributed by atoms with E-state index >= 15 is 0 Å². The minimum atomic E-state index is -0.192. The average molecular weight is 253 g/mol. The van der Waals surface area contributed by atoms with Crippen molar-refractivity contribution in [2.45, 2.75) is 64.3 Å². The van der Waals surface area contributed by atoms with Crippen molar-refractivity contribution in [3.63, 3.8) is 0 Å². The molecule has 0 aromatic heterocycles. The van der Waals surface area contributed by atoms with E-state index in [2.05, 4.69) is 19.2 Å². The van der Waals surface area contributed by atoms with Crippen LogP contribution in [0.15, 0.2) is 11.6 Å². The maximum atomic E-state index is 11.8. The number of rotatable bonds is 6. The van der Waals surface area contributed by atoms with E-state index in [0.717, 1.165) is 24.8 Å². The van der Waals surface area contributed by atoms with E-state index < -0.39 is 0 Å². The first-order valence-corrected chi connectivity index (χ1v) is 6.98. The van der Waals surface area contributed by atoms with Crippen molar-refractivity contribution >= 4 is 5.97 Å². The van der Waals surface area contributed by atoms with Crippen LogP contribution in [0.2, 0.25) is 0 Å². The molecule has 3 atom stereocenters. The van der Waals surface area contributed by atoms with Gasteiger partial charge in [0.15, 0.2) is 0 Å². The smallest absolute Gasteiger partial charge is 0.333 e. The average Bonchev–Trinajstić information content (AvgIpc) is 3.15. The molecular formula is C14H23NO3. The molecule has 1 aliphatic carbocycles. The zero-order valence-corrected chi connectivity index (χ0v) is 11.4. The Morgan fingerprint density at radius 3 is 2.78 bits per heavy atom. The lowest BCUT2D eigenvalue weighted by Crippen LogP contribution is -2.30. The second-order valence-corrected chi connectivity index (χ2v) is 4.95. The molecule has 1 aliphatic heterocycles. The Balaban J connectivity index is 2.00. The van der Waals surface area contributed by atoms with E-state index in [1.807, 2.05) is 13.0 Å². The van der Waals surface area contributed by atoms with Crippen LogP contribution in [-0.4, -0.2) is 36.9 Å². The second-order valence-electron chi connectivity index (χ2n) is 4.95. The Kier molecular flexibility index (Phi) is 4.40. The molecule has 2 aliphatic rings. The predicted molar refractivity (Wildman–Crippen MR) is 69.3 cm³/mol. The lowest BCUT2D eigenvalue weighted by molar-refractivity contribution is -0.138. The fourth-order valence-electron chi connectivity index (χ4n) is 2.51. The van der Waals surface area contributed by atoms with Crippen molar-refractivity contribution in [2.75, 3.05) is 6.61 Å². The standard InChI is InChI=1S/C14H23NO3/c1-4-10(5-2)18-12-8-9(14(16)17-6-3)7-11-13(12)15-11/h8,10-13,15H,4-7H2,1-3H3. The maximum absolute atomic E-state index is 11.8. The van der Waals surface area contributed by atoms with Crippen molar-refractivity contribution in [2.24, 2.45) is 0 Å². The van der Waals surface area contributed by atoms with Crippen LogP contribution in [0.25, 0.3) is 0 Å². The van der Waals surface area contributed by atoms with Crippen LogP contribution in [0.5, 0.6) is 0 Å². The SMILES string of the molecule is CCOC(=O)C1=CC(OC(CC)CC)C2NC2C1. The highest BCUT2D eigenvalue weighted by Crippen LogP contribution is 2.32. The highest BCUT2D eigenvalue weighted by molar-refractivity contribution is 5.89. The highest BCUT2D eigenvalue weighted by atomic mass is 16.5. The van der Waals surface area contributed by atoms with Crippen molar-refractivity contribution in [3.8, 4) is 0 Å². The summed E-state index contributed by atoms with van der Waals surface area (Å²) in [5.74, 6) is -0.192. The van der Waals surface area contributed by atoms with Gasteiger partial charge >= 0.3 is 5.97 Å². The molecule has 0 spiro atoms. The number of hydrogen-bond donors (Lipinski definition) is 1. The molecule has 0 aromatic carbocycles. The second kappa shape index (κ2) is 5.85. The van der Waals surface area contributed by atoms with E-state index in [-0.39, 0.29) is 18.2 Å². The molecule has 4 nitrogen and oxygen atoms in total. The summed E-state index contributed by atoms with van der Waals surface area (Å²) in [5, 5.41) is 3.38. The summed E-state index contributed by atoms with van der Waals surface area (Å²) < 4.78 is 11.1. The van der Waals surface area contributed by atoms with Crippen LogP contribution in [-0.2, 0) is 14.3 Å². The molecule has 0 radical (unpaired) electrons. The van der Waals surface area contributed by atoms with Crippen LogP contribution >= 0.6 is 0 Å². The topological polar surface area (TPSA) is 57.5 Å². The third-order valence-corrected chi connectivity index (χ3v) is 3.69. The predicted octanol–water partition coefficient (Wildman–Crippen LogP) is 1.79. The molecule has 102 valence electrons. The first-order chi connectivity index (χ1) is 8.69. The molecule has 18 heavy (non-hydrogen) atoms. The van der Waals surface area contributed by atoms with Gasteiger partial charge < -0.3 is 14.8 Å². The Bertz CT molecular complexity index is 336. The van der Waals surface area contributed by atoms with Crippen LogP contribution in [0.1, 0.15) is 40.0 Å². The van der Waals surface area contributed by atoms with Gasteiger partial charge in [-0.15, -0.1) is 0 Å². The molecule has 1 N–H and O–H groups in total. The Hall–Kier alpha value is -0.870. The van der Waals surface area contributed by atoms with Crippen LogP contribution in [0.4, 0.5) is 0 Å². The molecule has 0 bridgehead atoms. The summed E-state index contributed by atoms with van der Waals surface area (Å²) >= 11 is 0. The van der Waals surface area contributed by atoms with Crippen molar-refractivity contribution in [1.82, 2.24) is 5.32 Å². The zero-order chi connectivity index (χ0) is 13.1. The largest absolute Gasteiger partial charge is 0.463 e. The van der Waals surface area contributed by atoms with E-state index in [1.165, 1.54) is 0 Å². The highest BCUT2D eigenvalue weighted by Gasteiger charge is 2.47. The number of nitrogens with one attached hydrogen (secondary N) is 1. The van der Waals surface area contributed by atoms with Gasteiger partial charge in [0.05, 0.1) is 24.9 Å². The number of ether oxygens (including phenoxy) is 2. The van der Waals surface area contributed by atoms with E-state index in [4.69, 9.17) is 9.47 Å². The normalized spacial score (nSPS) is 29.8. The lowest BCUT2D eigenvalue weighted by Gasteiger charge is -2.23. The van der Waals surface area contributed by atoms with Crippen molar-refractivity contribution in [3.05, 3.63) is 11.6 Å². The molecule has 0 aromatic rings.